The molecular formula is C27H45N5O6. The number of rotatable bonds is 15. The number of carboxylic acids is 1. The van der Waals surface area contributed by atoms with Gasteiger partial charge in [-0.05, 0) is 82.8 Å². The molecule has 38 heavy (non-hydrogen) atoms. The second-order valence-corrected chi connectivity index (χ2v) is 9.75. The van der Waals surface area contributed by atoms with Crippen LogP contribution in [0.25, 0.3) is 0 Å². The molecule has 3 atom stereocenters. The third-order valence-corrected chi connectivity index (χ3v) is 6.34. The number of nitrogens with two attached hydrogens (primary N) is 1. The quantitative estimate of drug-likeness (QED) is 0.177. The fourth-order valence-electron chi connectivity index (χ4n) is 4.57. The van der Waals surface area contributed by atoms with Crippen LogP contribution in [0, 0.1) is 5.92 Å². The molecule has 1 aromatic rings. The van der Waals surface area contributed by atoms with E-state index in [-0.39, 0.29) is 18.9 Å². The number of ether oxygens (including phenoxy) is 1. The Kier molecular flexibility index (Phi) is 14.4. The average molecular weight is 536 g/mol. The number of hydrogen-bond donors (Lipinski definition) is 3. The number of benzene rings is 1. The van der Waals surface area contributed by atoms with E-state index >= 15 is 0 Å². The van der Waals surface area contributed by atoms with E-state index < -0.39 is 36.3 Å². The summed E-state index contributed by atoms with van der Waals surface area (Å²) in [4.78, 5) is 51.5. The zero-order valence-corrected chi connectivity index (χ0v) is 23.6. The molecule has 0 spiro atoms. The zero-order valence-electron chi connectivity index (χ0n) is 23.6. The summed E-state index contributed by atoms with van der Waals surface area (Å²) in [6.07, 6.45) is 0.849. The van der Waals surface area contributed by atoms with Gasteiger partial charge in [-0.15, -0.1) is 0 Å². The highest BCUT2D eigenvalue weighted by atomic mass is 16.6. The Hall–Kier alpha value is -3.18. The van der Waals surface area contributed by atoms with Crippen LogP contribution in [-0.2, 0) is 14.4 Å². The third kappa shape index (κ3) is 10.7. The molecule has 3 amide bonds. The number of carbonyl (C=O) groups excluding carboxylic acids is 3. The van der Waals surface area contributed by atoms with Gasteiger partial charge in [0.1, 0.15) is 18.2 Å². The van der Waals surface area contributed by atoms with Crippen molar-refractivity contribution in [3.8, 4) is 5.75 Å². The number of carbonyl (C=O) groups is 4. The summed E-state index contributed by atoms with van der Waals surface area (Å²) in [7, 11) is 5.49. The van der Waals surface area contributed by atoms with Crippen LogP contribution in [0.4, 0.5) is 4.79 Å². The van der Waals surface area contributed by atoms with Crippen LogP contribution in [0.5, 0.6) is 5.75 Å². The monoisotopic (exact) mass is 535 g/mol. The normalized spacial score (nSPS) is 13.4. The summed E-state index contributed by atoms with van der Waals surface area (Å²) in [5, 5.41) is 13.6. The smallest absolute Gasteiger partial charge is 0.434 e. The molecular weight excluding hydrogens is 490 g/mol. The van der Waals surface area contributed by atoms with E-state index in [0.29, 0.717) is 31.1 Å². The molecule has 4 N–H and O–H groups in total. The van der Waals surface area contributed by atoms with Crippen LogP contribution < -0.4 is 15.8 Å². The van der Waals surface area contributed by atoms with Gasteiger partial charge >= 0.3 is 12.1 Å². The molecule has 0 saturated heterocycles. The summed E-state index contributed by atoms with van der Waals surface area (Å²) < 4.78 is 5.62. The number of nitrogens with one attached hydrogen (secondary N) is 1. The first kappa shape index (κ1) is 32.8. The molecule has 0 saturated carbocycles. The summed E-state index contributed by atoms with van der Waals surface area (Å²) in [6.45, 7) is 7.49. The van der Waals surface area contributed by atoms with E-state index in [9.17, 15) is 19.2 Å². The van der Waals surface area contributed by atoms with E-state index in [1.54, 1.807) is 13.0 Å². The van der Waals surface area contributed by atoms with E-state index in [1.807, 2.05) is 32.3 Å². The van der Waals surface area contributed by atoms with Gasteiger partial charge in [-0.2, -0.15) is 0 Å². The maximum absolute atomic E-state index is 13.3. The van der Waals surface area contributed by atoms with Crippen molar-refractivity contribution in [2.45, 2.75) is 64.8 Å². The van der Waals surface area contributed by atoms with Crippen LogP contribution >= 0.6 is 0 Å². The number of nitrogens with zero attached hydrogens (tertiary/aromatic N) is 3. The van der Waals surface area contributed by atoms with Crippen LogP contribution in [0.1, 0.15) is 64.4 Å². The van der Waals surface area contributed by atoms with Gasteiger partial charge in [0.05, 0.1) is 0 Å². The largest absolute Gasteiger partial charge is 0.481 e. The number of likely N-dealkylation sites (N-methyl/N-ethyl adjacent to an activating group) is 1. The lowest BCUT2D eigenvalue weighted by molar-refractivity contribution is -0.149. The number of aliphatic carboxylic acids is 1. The molecule has 0 fully saturated rings. The molecule has 0 aliphatic carbocycles. The van der Waals surface area contributed by atoms with Crippen LogP contribution in [0.15, 0.2) is 24.3 Å². The Bertz CT molecular complexity index is 925. The van der Waals surface area contributed by atoms with E-state index in [0.717, 1.165) is 23.5 Å². The second-order valence-electron chi connectivity index (χ2n) is 9.75. The summed E-state index contributed by atoms with van der Waals surface area (Å²) in [6, 6.07) is 6.41. The minimum absolute atomic E-state index is 0.132. The van der Waals surface area contributed by atoms with Crippen molar-refractivity contribution in [1.82, 2.24) is 20.2 Å². The average Bonchev–Trinajstić information content (AvgIpc) is 2.83. The van der Waals surface area contributed by atoms with Crippen molar-refractivity contribution in [1.29, 1.82) is 0 Å². The van der Waals surface area contributed by atoms with Gasteiger partial charge in [0.25, 0.3) is 5.91 Å². The number of amides is 3. The maximum atomic E-state index is 13.3. The van der Waals surface area contributed by atoms with Gasteiger partial charge in [-0.3, -0.25) is 14.4 Å². The Morgan fingerprint density at radius 3 is 2.34 bits per heavy atom. The van der Waals surface area contributed by atoms with Gasteiger partial charge in [0.15, 0.2) is 0 Å². The second kappa shape index (κ2) is 16.6. The van der Waals surface area contributed by atoms with Gasteiger partial charge < -0.3 is 25.8 Å². The van der Waals surface area contributed by atoms with Gasteiger partial charge in [0.2, 0.25) is 5.91 Å². The first-order chi connectivity index (χ1) is 17.9. The fraction of sp³-hybridized carbons (Fsp3) is 0.630. The van der Waals surface area contributed by atoms with Gasteiger partial charge in [-0.25, -0.2) is 14.8 Å². The molecule has 11 nitrogen and oxygen atoms in total. The standard InChI is InChI=1S/C27H45N5O6/c1-7-22(19(3)18-30(4)5)20-12-11-13-21(16-20)38-27(37)31(6)32(8-2)26(36)23(14-9-10-15-28)29-24(33)17-25(34)35/h11-13,16,19,22-23H,7-10,14-15,17-18,28H2,1-6H3,(H,29,33)(H,34,35)/t19-,22+,23-/m0/s1. The van der Waals surface area contributed by atoms with Crippen molar-refractivity contribution < 1.29 is 29.0 Å². The lowest BCUT2D eigenvalue weighted by Crippen LogP contribution is -2.55. The first-order valence-electron chi connectivity index (χ1n) is 13.2. The van der Waals surface area contributed by atoms with Crippen molar-refractivity contribution >= 4 is 23.9 Å². The summed E-state index contributed by atoms with van der Waals surface area (Å²) >= 11 is 0. The zero-order chi connectivity index (χ0) is 28.8. The Balaban J connectivity index is 3.03. The van der Waals surface area contributed by atoms with Crippen molar-refractivity contribution in [3.05, 3.63) is 29.8 Å². The number of carboxylic acid groups (broad SMARTS) is 1. The Morgan fingerprint density at radius 1 is 1.11 bits per heavy atom. The number of hydrazine groups is 1. The SMILES string of the molecule is CC[C@@H](c1cccc(OC(=O)N(C)N(CC)C(=O)[C@H](CCCCN)NC(=O)CC(=O)O)c1)[C@@H](C)CN(C)C. The van der Waals surface area contributed by atoms with Crippen molar-refractivity contribution in [3.63, 3.8) is 0 Å². The van der Waals surface area contributed by atoms with Crippen LogP contribution in [0.2, 0.25) is 0 Å². The first-order valence-corrected chi connectivity index (χ1v) is 13.2. The highest BCUT2D eigenvalue weighted by Gasteiger charge is 2.30. The van der Waals surface area contributed by atoms with Crippen molar-refractivity contribution in [2.75, 3.05) is 40.8 Å². The molecule has 0 heterocycles. The lowest BCUT2D eigenvalue weighted by Gasteiger charge is -2.33. The molecule has 0 aliphatic rings. The molecule has 0 radical (unpaired) electrons. The van der Waals surface area contributed by atoms with Gasteiger partial charge in [0, 0.05) is 20.1 Å². The summed E-state index contributed by atoms with van der Waals surface area (Å²) in [5.41, 5.74) is 6.62. The van der Waals surface area contributed by atoms with Gasteiger partial charge in [-0.1, -0.05) is 26.0 Å². The topological polar surface area (TPSA) is 146 Å². The molecule has 11 heteroatoms. The number of unbranched alkanes of at least 4 members (excludes halogenated alkanes) is 1. The molecule has 0 aromatic heterocycles. The van der Waals surface area contributed by atoms with Crippen LogP contribution in [-0.4, -0.2) is 90.7 Å². The minimum atomic E-state index is -1.30. The molecule has 0 aliphatic heterocycles. The maximum Gasteiger partial charge on any atom is 0.434 e. The predicted molar refractivity (Wildman–Crippen MR) is 145 cm³/mol. The highest BCUT2D eigenvalue weighted by molar-refractivity contribution is 5.96. The summed E-state index contributed by atoms with van der Waals surface area (Å²) in [5.74, 6) is -1.58. The molecule has 1 rings (SSSR count). The molecule has 0 unspecified atom stereocenters. The van der Waals surface area contributed by atoms with E-state index in [2.05, 4.69) is 24.1 Å². The predicted octanol–water partition coefficient (Wildman–Crippen LogP) is 2.66. The Morgan fingerprint density at radius 2 is 1.79 bits per heavy atom. The van der Waals surface area contributed by atoms with Crippen molar-refractivity contribution in [2.24, 2.45) is 11.7 Å². The molecule has 1 aromatic carbocycles. The highest BCUT2D eigenvalue weighted by Crippen LogP contribution is 2.30. The lowest BCUT2D eigenvalue weighted by atomic mass is 9.85. The Labute approximate surface area is 226 Å². The fourth-order valence-corrected chi connectivity index (χ4v) is 4.57. The van der Waals surface area contributed by atoms with E-state index in [1.165, 1.54) is 12.1 Å². The number of hydrogen-bond acceptors (Lipinski definition) is 7. The molecule has 214 valence electrons. The van der Waals surface area contributed by atoms with E-state index in [4.69, 9.17) is 15.6 Å². The molecule has 0 bridgehead atoms. The third-order valence-electron chi connectivity index (χ3n) is 6.34. The minimum Gasteiger partial charge on any atom is -0.481 e. The van der Waals surface area contributed by atoms with Crippen LogP contribution in [0.3, 0.4) is 0 Å².